The second-order valence-corrected chi connectivity index (χ2v) is 5.62. The molecule has 1 amide bonds. The Balaban J connectivity index is 1.86. The molecule has 0 bridgehead atoms. The molecule has 4 heteroatoms. The highest BCUT2D eigenvalue weighted by Gasteiger charge is 2.05. The van der Waals surface area contributed by atoms with E-state index in [1.807, 2.05) is 62.4 Å². The molecule has 0 spiro atoms. The van der Waals surface area contributed by atoms with Gasteiger partial charge >= 0.3 is 0 Å². The summed E-state index contributed by atoms with van der Waals surface area (Å²) < 4.78 is 10.8. The van der Waals surface area contributed by atoms with E-state index in [1.54, 1.807) is 7.11 Å². The van der Waals surface area contributed by atoms with Crippen molar-refractivity contribution in [3.05, 3.63) is 59.7 Å². The number of methoxy groups -OCH3 is 1. The molecule has 1 N–H and O–H groups in total. The Morgan fingerprint density at radius 3 is 2.43 bits per heavy atom. The van der Waals surface area contributed by atoms with Gasteiger partial charge in [-0.1, -0.05) is 24.3 Å². The van der Waals surface area contributed by atoms with Gasteiger partial charge in [0, 0.05) is 6.54 Å². The van der Waals surface area contributed by atoms with Crippen molar-refractivity contribution in [1.82, 2.24) is 5.32 Å². The fourth-order valence-electron chi connectivity index (χ4n) is 2.19. The predicted octanol–water partition coefficient (Wildman–Crippen LogP) is 3.34. The summed E-state index contributed by atoms with van der Waals surface area (Å²) in [5.41, 5.74) is 1.98. The van der Waals surface area contributed by atoms with E-state index in [9.17, 15) is 4.79 Å². The lowest BCUT2D eigenvalue weighted by Gasteiger charge is -2.11. The van der Waals surface area contributed by atoms with Crippen LogP contribution in [-0.2, 0) is 17.8 Å². The minimum atomic E-state index is -0.00894. The monoisotopic (exact) mass is 313 g/mol. The molecule has 0 aliphatic carbocycles. The second kappa shape index (κ2) is 8.22. The molecule has 0 atom stereocenters. The Morgan fingerprint density at radius 1 is 1.04 bits per heavy atom. The largest absolute Gasteiger partial charge is 0.497 e. The van der Waals surface area contributed by atoms with Crippen LogP contribution in [0.3, 0.4) is 0 Å². The minimum absolute atomic E-state index is 0.00894. The summed E-state index contributed by atoms with van der Waals surface area (Å²) in [7, 11) is 1.62. The van der Waals surface area contributed by atoms with E-state index in [0.717, 1.165) is 22.6 Å². The summed E-state index contributed by atoms with van der Waals surface area (Å²) in [5, 5.41) is 2.93. The van der Waals surface area contributed by atoms with Crippen LogP contribution >= 0.6 is 0 Å². The van der Waals surface area contributed by atoms with Crippen LogP contribution in [0.5, 0.6) is 11.5 Å². The molecule has 0 saturated carbocycles. The van der Waals surface area contributed by atoms with Crippen LogP contribution in [-0.4, -0.2) is 19.1 Å². The lowest BCUT2D eigenvalue weighted by molar-refractivity contribution is -0.120. The number of benzene rings is 2. The Morgan fingerprint density at radius 2 is 1.78 bits per heavy atom. The van der Waals surface area contributed by atoms with Crippen LogP contribution in [0.15, 0.2) is 48.5 Å². The highest BCUT2D eigenvalue weighted by atomic mass is 16.5. The summed E-state index contributed by atoms with van der Waals surface area (Å²) in [6, 6.07) is 15.3. The molecule has 0 unspecified atom stereocenters. The number of rotatable bonds is 7. The lowest BCUT2D eigenvalue weighted by Crippen LogP contribution is -2.24. The zero-order valence-corrected chi connectivity index (χ0v) is 13.8. The Bertz CT molecular complexity index is 635. The van der Waals surface area contributed by atoms with Crippen LogP contribution < -0.4 is 14.8 Å². The number of nitrogens with one attached hydrogen (secondary N) is 1. The summed E-state index contributed by atoms with van der Waals surface area (Å²) in [6.45, 7) is 4.47. The molecule has 0 aliphatic rings. The fraction of sp³-hybridized carbons (Fsp3) is 0.316. The van der Waals surface area contributed by atoms with Gasteiger partial charge in [0.2, 0.25) is 5.91 Å². The number of hydrogen-bond acceptors (Lipinski definition) is 3. The van der Waals surface area contributed by atoms with Gasteiger partial charge in [-0.2, -0.15) is 0 Å². The molecular weight excluding hydrogens is 290 g/mol. The minimum Gasteiger partial charge on any atom is -0.497 e. The van der Waals surface area contributed by atoms with Crippen molar-refractivity contribution in [2.45, 2.75) is 32.9 Å². The van der Waals surface area contributed by atoms with Crippen molar-refractivity contribution < 1.29 is 14.3 Å². The van der Waals surface area contributed by atoms with Crippen molar-refractivity contribution in [3.63, 3.8) is 0 Å². The average Bonchev–Trinajstić information content (AvgIpc) is 2.53. The maximum atomic E-state index is 12.0. The first-order valence-corrected chi connectivity index (χ1v) is 7.72. The van der Waals surface area contributed by atoms with Crippen molar-refractivity contribution in [1.29, 1.82) is 0 Å². The maximum absolute atomic E-state index is 12.0. The van der Waals surface area contributed by atoms with Crippen molar-refractivity contribution in [2.24, 2.45) is 0 Å². The number of carbonyl (C=O) groups excluding carboxylic acids is 1. The first-order valence-electron chi connectivity index (χ1n) is 7.72. The second-order valence-electron chi connectivity index (χ2n) is 5.62. The molecular formula is C19H23NO3. The van der Waals surface area contributed by atoms with Crippen LogP contribution in [0.4, 0.5) is 0 Å². The predicted molar refractivity (Wildman–Crippen MR) is 90.8 cm³/mol. The standard InChI is InChI=1S/C19H23NO3/c1-14(2)23-18-6-4-5-16(11-18)13-20-19(21)12-15-7-9-17(22-3)10-8-15/h4-11,14H,12-13H2,1-3H3,(H,20,21). The van der Waals surface area contributed by atoms with Gasteiger partial charge < -0.3 is 14.8 Å². The molecule has 23 heavy (non-hydrogen) atoms. The third-order valence-corrected chi connectivity index (χ3v) is 3.28. The van der Waals surface area contributed by atoms with E-state index >= 15 is 0 Å². The van der Waals surface area contributed by atoms with Crippen molar-refractivity contribution in [3.8, 4) is 11.5 Å². The molecule has 2 aromatic rings. The molecule has 0 fully saturated rings. The van der Waals surface area contributed by atoms with Gasteiger partial charge in [-0.15, -0.1) is 0 Å². The van der Waals surface area contributed by atoms with E-state index in [1.165, 1.54) is 0 Å². The molecule has 122 valence electrons. The summed E-state index contributed by atoms with van der Waals surface area (Å²) in [4.78, 5) is 12.0. The first-order chi connectivity index (χ1) is 11.1. The normalized spacial score (nSPS) is 10.4. The van der Waals surface area contributed by atoms with Crippen LogP contribution in [0, 0.1) is 0 Å². The number of ether oxygens (including phenoxy) is 2. The number of amides is 1. The zero-order valence-electron chi connectivity index (χ0n) is 13.8. The summed E-state index contributed by atoms with van der Waals surface area (Å²) >= 11 is 0. The molecule has 0 aromatic heterocycles. The Labute approximate surface area is 137 Å². The quantitative estimate of drug-likeness (QED) is 0.853. The van der Waals surface area contributed by atoms with Crippen molar-refractivity contribution >= 4 is 5.91 Å². The third-order valence-electron chi connectivity index (χ3n) is 3.28. The van der Waals surface area contributed by atoms with Crippen molar-refractivity contribution in [2.75, 3.05) is 7.11 Å². The fourth-order valence-corrected chi connectivity index (χ4v) is 2.19. The van der Waals surface area contributed by atoms with Gasteiger partial charge in [0.1, 0.15) is 11.5 Å². The SMILES string of the molecule is COc1ccc(CC(=O)NCc2cccc(OC(C)C)c2)cc1. The summed E-state index contributed by atoms with van der Waals surface area (Å²) in [5.74, 6) is 1.60. The summed E-state index contributed by atoms with van der Waals surface area (Å²) in [6.07, 6.45) is 0.488. The highest BCUT2D eigenvalue weighted by Crippen LogP contribution is 2.15. The van der Waals surface area contributed by atoms with Crippen LogP contribution in [0.1, 0.15) is 25.0 Å². The molecule has 2 aromatic carbocycles. The molecule has 2 rings (SSSR count). The van der Waals surface area contributed by atoms with Gasteiger partial charge in [-0.25, -0.2) is 0 Å². The highest BCUT2D eigenvalue weighted by molar-refractivity contribution is 5.78. The van der Waals surface area contributed by atoms with E-state index in [0.29, 0.717) is 13.0 Å². The maximum Gasteiger partial charge on any atom is 0.224 e. The van der Waals surface area contributed by atoms with Gasteiger partial charge in [0.05, 0.1) is 19.6 Å². The van der Waals surface area contributed by atoms with E-state index in [4.69, 9.17) is 9.47 Å². The average molecular weight is 313 g/mol. The molecule has 0 aliphatic heterocycles. The van der Waals surface area contributed by atoms with Gasteiger partial charge in [0.15, 0.2) is 0 Å². The van der Waals surface area contributed by atoms with Crippen LogP contribution in [0.25, 0.3) is 0 Å². The van der Waals surface area contributed by atoms with Gasteiger partial charge in [0.25, 0.3) is 0 Å². The number of hydrogen-bond donors (Lipinski definition) is 1. The Kier molecular flexibility index (Phi) is 6.03. The molecule has 0 saturated heterocycles. The van der Waals surface area contributed by atoms with E-state index < -0.39 is 0 Å². The third kappa shape index (κ3) is 5.66. The van der Waals surface area contributed by atoms with Gasteiger partial charge in [-0.3, -0.25) is 4.79 Å². The first kappa shape index (κ1) is 16.9. The topological polar surface area (TPSA) is 47.6 Å². The smallest absolute Gasteiger partial charge is 0.224 e. The van der Waals surface area contributed by atoms with E-state index in [-0.39, 0.29) is 12.0 Å². The molecule has 0 radical (unpaired) electrons. The zero-order chi connectivity index (χ0) is 16.7. The van der Waals surface area contributed by atoms with E-state index in [2.05, 4.69) is 5.32 Å². The van der Waals surface area contributed by atoms with Crippen LogP contribution in [0.2, 0.25) is 0 Å². The molecule has 4 nitrogen and oxygen atoms in total. The van der Waals surface area contributed by atoms with Gasteiger partial charge in [-0.05, 0) is 49.2 Å². The Hall–Kier alpha value is -2.49. The number of carbonyl (C=O) groups is 1. The molecule has 0 heterocycles. The lowest BCUT2D eigenvalue weighted by atomic mass is 10.1.